The molecule has 0 saturated carbocycles. The number of allylic oxidation sites excluding steroid dienone is 1. The molecule has 3 aromatic carbocycles. The van der Waals surface area contributed by atoms with Crippen LogP contribution in [0.4, 0.5) is 5.69 Å². The predicted octanol–water partition coefficient (Wildman–Crippen LogP) is 5.51. The van der Waals surface area contributed by atoms with Crippen molar-refractivity contribution in [1.82, 2.24) is 0 Å². The summed E-state index contributed by atoms with van der Waals surface area (Å²) >= 11 is 0. The Morgan fingerprint density at radius 3 is 2.48 bits per heavy atom. The number of nitrogens with zero attached hydrogens (tertiary/aromatic N) is 1. The van der Waals surface area contributed by atoms with E-state index < -0.39 is 0 Å². The van der Waals surface area contributed by atoms with Gasteiger partial charge in [-0.15, -0.1) is 0 Å². The second kappa shape index (κ2) is 5.58. The van der Waals surface area contributed by atoms with Crippen molar-refractivity contribution in [2.45, 2.75) is 13.3 Å². The topological polar surface area (TPSA) is 3.24 Å². The molecule has 0 aromatic heterocycles. The maximum absolute atomic E-state index is 2.35. The maximum atomic E-state index is 2.35. The third-order valence-corrected chi connectivity index (χ3v) is 4.90. The summed E-state index contributed by atoms with van der Waals surface area (Å²) in [5.41, 5.74) is 5.45. The van der Waals surface area contributed by atoms with E-state index in [1.165, 1.54) is 33.3 Å². The maximum Gasteiger partial charge on any atom is 0.0412 e. The van der Waals surface area contributed by atoms with Gasteiger partial charge in [-0.3, -0.25) is 0 Å². The lowest BCUT2D eigenvalue weighted by atomic mass is 9.87. The van der Waals surface area contributed by atoms with Crippen molar-refractivity contribution in [3.63, 3.8) is 0 Å². The standard InChI is InChI=1S/C22H21N/c1-16-13-18-8-5-6-10-20(18)15-22(16)23(2)21-12-11-17-7-3-4-9-19(17)14-21/h3-12,14-16H,13H2,1-2H3. The third kappa shape index (κ3) is 2.53. The molecule has 1 nitrogen and oxygen atoms in total. The van der Waals surface area contributed by atoms with Crippen LogP contribution in [0.2, 0.25) is 0 Å². The van der Waals surface area contributed by atoms with Crippen molar-refractivity contribution in [2.24, 2.45) is 5.92 Å². The van der Waals surface area contributed by atoms with Crippen LogP contribution in [0.3, 0.4) is 0 Å². The molecule has 0 spiro atoms. The number of rotatable bonds is 2. The minimum absolute atomic E-state index is 0.529. The second-order valence-electron chi connectivity index (χ2n) is 6.46. The number of benzene rings is 3. The first kappa shape index (κ1) is 14.1. The zero-order valence-corrected chi connectivity index (χ0v) is 13.7. The fraction of sp³-hybridized carbons (Fsp3) is 0.182. The molecule has 3 aromatic rings. The Labute approximate surface area is 137 Å². The van der Waals surface area contributed by atoms with Crippen molar-refractivity contribution in [3.05, 3.63) is 83.6 Å². The van der Waals surface area contributed by atoms with Gasteiger partial charge in [0.05, 0.1) is 0 Å². The minimum Gasteiger partial charge on any atom is -0.348 e. The van der Waals surface area contributed by atoms with Crippen LogP contribution in [0.1, 0.15) is 18.1 Å². The molecule has 114 valence electrons. The van der Waals surface area contributed by atoms with Crippen LogP contribution in [-0.2, 0) is 6.42 Å². The van der Waals surface area contributed by atoms with Gasteiger partial charge in [0.25, 0.3) is 0 Å². The lowest BCUT2D eigenvalue weighted by Crippen LogP contribution is -2.25. The quantitative estimate of drug-likeness (QED) is 0.603. The highest BCUT2D eigenvalue weighted by atomic mass is 15.1. The van der Waals surface area contributed by atoms with E-state index in [2.05, 4.69) is 91.7 Å². The molecule has 1 aliphatic rings. The second-order valence-corrected chi connectivity index (χ2v) is 6.46. The van der Waals surface area contributed by atoms with E-state index in [0.717, 1.165) is 6.42 Å². The Bertz CT molecular complexity index is 891. The van der Waals surface area contributed by atoms with Crippen LogP contribution in [0, 0.1) is 5.92 Å². The Kier molecular flexibility index (Phi) is 3.42. The number of fused-ring (bicyclic) bond motifs is 2. The van der Waals surface area contributed by atoms with E-state index in [9.17, 15) is 0 Å². The van der Waals surface area contributed by atoms with E-state index >= 15 is 0 Å². The van der Waals surface area contributed by atoms with Gasteiger partial charge >= 0.3 is 0 Å². The van der Waals surface area contributed by atoms with Gasteiger partial charge in [0.1, 0.15) is 0 Å². The van der Waals surface area contributed by atoms with Crippen LogP contribution in [0.15, 0.2) is 72.4 Å². The fourth-order valence-corrected chi connectivity index (χ4v) is 3.56. The molecule has 0 amide bonds. The van der Waals surface area contributed by atoms with Crippen LogP contribution in [-0.4, -0.2) is 7.05 Å². The van der Waals surface area contributed by atoms with Crippen LogP contribution >= 0.6 is 0 Å². The molecule has 0 radical (unpaired) electrons. The smallest absolute Gasteiger partial charge is 0.0412 e. The van der Waals surface area contributed by atoms with Crippen LogP contribution < -0.4 is 4.90 Å². The first-order valence-corrected chi connectivity index (χ1v) is 8.24. The largest absolute Gasteiger partial charge is 0.348 e. The number of hydrogen-bond acceptors (Lipinski definition) is 1. The Hall–Kier alpha value is -2.54. The summed E-state index contributed by atoms with van der Waals surface area (Å²) in [5, 5.41) is 2.59. The van der Waals surface area contributed by atoms with Gasteiger partial charge in [0.15, 0.2) is 0 Å². The average molecular weight is 299 g/mol. The monoisotopic (exact) mass is 299 g/mol. The van der Waals surface area contributed by atoms with Crippen molar-refractivity contribution in [1.29, 1.82) is 0 Å². The third-order valence-electron chi connectivity index (χ3n) is 4.90. The molecule has 0 aliphatic heterocycles. The van der Waals surface area contributed by atoms with E-state index in [1.54, 1.807) is 0 Å². The van der Waals surface area contributed by atoms with Gasteiger partial charge in [0.2, 0.25) is 0 Å². The van der Waals surface area contributed by atoms with Crippen LogP contribution in [0.25, 0.3) is 16.8 Å². The zero-order valence-electron chi connectivity index (χ0n) is 13.7. The summed E-state index contributed by atoms with van der Waals surface area (Å²) in [6.45, 7) is 2.32. The highest BCUT2D eigenvalue weighted by molar-refractivity contribution is 5.86. The van der Waals surface area contributed by atoms with E-state index in [4.69, 9.17) is 0 Å². The Balaban J connectivity index is 1.75. The van der Waals surface area contributed by atoms with Crippen molar-refractivity contribution in [2.75, 3.05) is 11.9 Å². The molecular formula is C22H21N. The lowest BCUT2D eigenvalue weighted by Gasteiger charge is -2.31. The van der Waals surface area contributed by atoms with E-state index in [1.807, 2.05) is 0 Å². The van der Waals surface area contributed by atoms with E-state index in [-0.39, 0.29) is 0 Å². The zero-order chi connectivity index (χ0) is 15.8. The summed E-state index contributed by atoms with van der Waals surface area (Å²) in [7, 11) is 2.18. The summed E-state index contributed by atoms with van der Waals surface area (Å²) < 4.78 is 0. The fourth-order valence-electron chi connectivity index (χ4n) is 3.56. The van der Waals surface area contributed by atoms with Crippen molar-refractivity contribution in [3.8, 4) is 0 Å². The number of anilines is 1. The molecule has 0 saturated heterocycles. The first-order chi connectivity index (χ1) is 11.2. The summed E-state index contributed by atoms with van der Waals surface area (Å²) in [4.78, 5) is 2.34. The molecule has 0 fully saturated rings. The SMILES string of the molecule is CC1Cc2ccccc2C=C1N(C)c1ccc2ccccc2c1. The van der Waals surface area contributed by atoms with Gasteiger partial charge < -0.3 is 4.90 Å². The highest BCUT2D eigenvalue weighted by Gasteiger charge is 2.21. The molecule has 1 heteroatoms. The molecular weight excluding hydrogens is 278 g/mol. The molecule has 0 N–H and O–H groups in total. The van der Waals surface area contributed by atoms with Gasteiger partial charge in [-0.2, -0.15) is 0 Å². The molecule has 0 heterocycles. The van der Waals surface area contributed by atoms with Crippen LogP contribution in [0.5, 0.6) is 0 Å². The molecule has 1 unspecified atom stereocenters. The predicted molar refractivity (Wildman–Crippen MR) is 99.6 cm³/mol. The lowest BCUT2D eigenvalue weighted by molar-refractivity contribution is 0.650. The van der Waals surface area contributed by atoms with Crippen molar-refractivity contribution >= 4 is 22.5 Å². The summed E-state index contributed by atoms with van der Waals surface area (Å²) in [5.74, 6) is 0.529. The minimum atomic E-state index is 0.529. The number of hydrogen-bond donors (Lipinski definition) is 0. The molecule has 1 aliphatic carbocycles. The average Bonchev–Trinajstić information content (AvgIpc) is 2.60. The highest BCUT2D eigenvalue weighted by Crippen LogP contribution is 2.33. The Morgan fingerprint density at radius 2 is 1.61 bits per heavy atom. The van der Waals surface area contributed by atoms with Crippen molar-refractivity contribution < 1.29 is 0 Å². The molecule has 0 bridgehead atoms. The van der Waals surface area contributed by atoms with Gasteiger partial charge in [0, 0.05) is 24.4 Å². The summed E-state index contributed by atoms with van der Waals surface area (Å²) in [6, 6.07) is 24.0. The van der Waals surface area contributed by atoms with E-state index in [0.29, 0.717) is 5.92 Å². The molecule has 4 rings (SSSR count). The van der Waals surface area contributed by atoms with Gasteiger partial charge in [-0.25, -0.2) is 0 Å². The normalized spacial score (nSPS) is 16.8. The Morgan fingerprint density at radius 1 is 0.870 bits per heavy atom. The summed E-state index contributed by atoms with van der Waals surface area (Å²) in [6.07, 6.45) is 3.46. The molecule has 23 heavy (non-hydrogen) atoms. The molecule has 1 atom stereocenters. The van der Waals surface area contributed by atoms with Gasteiger partial charge in [-0.05, 0) is 46.5 Å². The first-order valence-electron chi connectivity index (χ1n) is 8.24. The van der Waals surface area contributed by atoms with Gasteiger partial charge in [-0.1, -0.05) is 61.5 Å².